The predicted molar refractivity (Wildman–Crippen MR) is 88.6 cm³/mol. The largest absolute Gasteiger partial charge is 0.357 e. The molecule has 2 aromatic rings. The van der Waals surface area contributed by atoms with Crippen molar-refractivity contribution in [1.82, 2.24) is 14.7 Å². The molecule has 1 saturated heterocycles. The van der Waals surface area contributed by atoms with Crippen molar-refractivity contribution in [2.75, 3.05) is 18.0 Å². The number of sulfonamides is 1. The maximum atomic E-state index is 13.7. The molecule has 0 radical (unpaired) electrons. The summed E-state index contributed by atoms with van der Waals surface area (Å²) >= 11 is 0. The van der Waals surface area contributed by atoms with E-state index in [0.717, 1.165) is 49.9 Å². The Labute approximate surface area is 145 Å². The van der Waals surface area contributed by atoms with Crippen LogP contribution in [0.3, 0.4) is 0 Å². The maximum Gasteiger partial charge on any atom is 0.246 e. The van der Waals surface area contributed by atoms with Crippen molar-refractivity contribution in [2.45, 2.75) is 31.2 Å². The minimum absolute atomic E-state index is 0.251. The molecule has 3 rings (SSSR count). The van der Waals surface area contributed by atoms with Crippen LogP contribution in [-0.4, -0.2) is 31.5 Å². The molecule has 1 aromatic heterocycles. The second-order valence-electron chi connectivity index (χ2n) is 5.85. The molecule has 1 N–H and O–H groups in total. The first kappa shape index (κ1) is 17.7. The number of benzene rings is 1. The molecule has 1 aromatic carbocycles. The van der Waals surface area contributed by atoms with Crippen LogP contribution in [-0.2, 0) is 16.6 Å². The standard InChI is InChI=1S/C16H18F2N4O2S/c1-11-9-15(22-7-2-3-8-22)21-14(20-11)10-19-25(23,24)16-12(17)5-4-6-13(16)18/h4-6,9,19H,2-3,7-8,10H2,1H3. The molecule has 1 aliphatic heterocycles. The minimum atomic E-state index is -4.36. The Morgan fingerprint density at radius 2 is 1.80 bits per heavy atom. The van der Waals surface area contributed by atoms with E-state index in [1.54, 1.807) is 6.92 Å². The van der Waals surface area contributed by atoms with Crippen molar-refractivity contribution in [1.29, 1.82) is 0 Å². The lowest BCUT2D eigenvalue weighted by Gasteiger charge is -2.17. The van der Waals surface area contributed by atoms with E-state index in [4.69, 9.17) is 0 Å². The van der Waals surface area contributed by atoms with Gasteiger partial charge in [-0.3, -0.25) is 0 Å². The van der Waals surface area contributed by atoms with Crippen LogP contribution >= 0.6 is 0 Å². The van der Waals surface area contributed by atoms with E-state index in [2.05, 4.69) is 19.6 Å². The third-order valence-electron chi connectivity index (χ3n) is 3.93. The number of hydrogen-bond donors (Lipinski definition) is 1. The Hall–Kier alpha value is -2.13. The Bertz CT molecular complexity index is 863. The van der Waals surface area contributed by atoms with Crippen molar-refractivity contribution in [2.24, 2.45) is 0 Å². The number of hydrogen-bond acceptors (Lipinski definition) is 5. The molecule has 6 nitrogen and oxygen atoms in total. The van der Waals surface area contributed by atoms with Crippen LogP contribution in [0.15, 0.2) is 29.2 Å². The highest BCUT2D eigenvalue weighted by Crippen LogP contribution is 2.20. The molecular formula is C16H18F2N4O2S. The first-order chi connectivity index (χ1) is 11.9. The summed E-state index contributed by atoms with van der Waals surface area (Å²) < 4.78 is 54.0. The molecule has 0 aliphatic carbocycles. The second kappa shape index (κ2) is 7.01. The highest BCUT2D eigenvalue weighted by Gasteiger charge is 2.24. The quantitative estimate of drug-likeness (QED) is 0.875. The Kier molecular flexibility index (Phi) is 4.96. The van der Waals surface area contributed by atoms with Gasteiger partial charge in [0.15, 0.2) is 4.90 Å². The Morgan fingerprint density at radius 3 is 2.44 bits per heavy atom. The molecular weight excluding hydrogens is 350 g/mol. The lowest BCUT2D eigenvalue weighted by atomic mass is 10.3. The summed E-state index contributed by atoms with van der Waals surface area (Å²) in [6.07, 6.45) is 2.16. The monoisotopic (exact) mass is 368 g/mol. The average Bonchev–Trinajstić information content (AvgIpc) is 3.07. The number of rotatable bonds is 5. The van der Waals surface area contributed by atoms with Crippen molar-refractivity contribution < 1.29 is 17.2 Å². The summed E-state index contributed by atoms with van der Waals surface area (Å²) in [7, 11) is -4.36. The van der Waals surface area contributed by atoms with Gasteiger partial charge in [-0.25, -0.2) is 31.9 Å². The lowest BCUT2D eigenvalue weighted by molar-refractivity contribution is 0.513. The Balaban J connectivity index is 1.81. The number of aryl methyl sites for hydroxylation is 1. The van der Waals surface area contributed by atoms with Crippen LogP contribution in [0, 0.1) is 18.6 Å². The number of nitrogens with one attached hydrogen (secondary N) is 1. The predicted octanol–water partition coefficient (Wildman–Crippen LogP) is 2.14. The zero-order valence-electron chi connectivity index (χ0n) is 13.7. The lowest BCUT2D eigenvalue weighted by Crippen LogP contribution is -2.27. The topological polar surface area (TPSA) is 75.2 Å². The molecule has 9 heteroatoms. The summed E-state index contributed by atoms with van der Waals surface area (Å²) in [5.41, 5.74) is 0.697. The van der Waals surface area contributed by atoms with E-state index < -0.39 is 26.6 Å². The smallest absolute Gasteiger partial charge is 0.246 e. The molecule has 25 heavy (non-hydrogen) atoms. The fraction of sp³-hybridized carbons (Fsp3) is 0.375. The van der Waals surface area contributed by atoms with E-state index in [1.807, 2.05) is 6.07 Å². The van der Waals surface area contributed by atoms with Gasteiger partial charge in [0.2, 0.25) is 10.0 Å². The van der Waals surface area contributed by atoms with Crippen LogP contribution in [0.25, 0.3) is 0 Å². The van der Waals surface area contributed by atoms with Crippen molar-refractivity contribution >= 4 is 15.8 Å². The van der Waals surface area contributed by atoms with Gasteiger partial charge in [0.25, 0.3) is 0 Å². The second-order valence-corrected chi connectivity index (χ2v) is 7.56. The SMILES string of the molecule is Cc1cc(N2CCCC2)nc(CNS(=O)(=O)c2c(F)cccc2F)n1. The first-order valence-electron chi connectivity index (χ1n) is 7.90. The van der Waals surface area contributed by atoms with Crippen molar-refractivity contribution in [3.63, 3.8) is 0 Å². The molecule has 0 bridgehead atoms. The Morgan fingerprint density at radius 1 is 1.16 bits per heavy atom. The minimum Gasteiger partial charge on any atom is -0.357 e. The molecule has 134 valence electrons. The van der Waals surface area contributed by atoms with Gasteiger partial charge < -0.3 is 4.90 Å². The van der Waals surface area contributed by atoms with E-state index in [1.165, 1.54) is 0 Å². The fourth-order valence-electron chi connectivity index (χ4n) is 2.77. The maximum absolute atomic E-state index is 13.7. The van der Waals surface area contributed by atoms with Crippen LogP contribution in [0.2, 0.25) is 0 Å². The van der Waals surface area contributed by atoms with Gasteiger partial charge in [0.05, 0.1) is 6.54 Å². The first-order valence-corrected chi connectivity index (χ1v) is 9.38. The molecule has 1 aliphatic rings. The summed E-state index contributed by atoms with van der Waals surface area (Å²) in [6.45, 7) is 3.32. The van der Waals surface area contributed by atoms with Gasteiger partial charge in [-0.15, -0.1) is 0 Å². The average molecular weight is 368 g/mol. The van der Waals surface area contributed by atoms with Gasteiger partial charge >= 0.3 is 0 Å². The number of aromatic nitrogens is 2. The third-order valence-corrected chi connectivity index (χ3v) is 5.38. The van der Waals surface area contributed by atoms with E-state index in [-0.39, 0.29) is 12.4 Å². The van der Waals surface area contributed by atoms with Crippen molar-refractivity contribution in [3.05, 3.63) is 47.4 Å². The van der Waals surface area contributed by atoms with E-state index in [9.17, 15) is 17.2 Å². The summed E-state index contributed by atoms with van der Waals surface area (Å²) in [5, 5.41) is 0. The molecule has 2 heterocycles. The van der Waals surface area contributed by atoms with Gasteiger partial charge in [-0.05, 0) is 31.9 Å². The van der Waals surface area contributed by atoms with Crippen LogP contribution < -0.4 is 9.62 Å². The van der Waals surface area contributed by atoms with E-state index in [0.29, 0.717) is 5.69 Å². The van der Waals surface area contributed by atoms with Gasteiger partial charge in [0.1, 0.15) is 23.3 Å². The highest BCUT2D eigenvalue weighted by molar-refractivity contribution is 7.89. The summed E-state index contributed by atoms with van der Waals surface area (Å²) in [6, 6.07) is 4.73. The van der Waals surface area contributed by atoms with Crippen LogP contribution in [0.1, 0.15) is 24.4 Å². The fourth-order valence-corrected chi connectivity index (χ4v) is 3.88. The molecule has 0 saturated carbocycles. The highest BCUT2D eigenvalue weighted by atomic mass is 32.2. The van der Waals surface area contributed by atoms with Crippen molar-refractivity contribution in [3.8, 4) is 0 Å². The molecule has 0 unspecified atom stereocenters. The van der Waals surface area contributed by atoms with Crippen LogP contribution in [0.5, 0.6) is 0 Å². The van der Waals surface area contributed by atoms with Gasteiger partial charge in [-0.1, -0.05) is 6.07 Å². The normalized spacial score (nSPS) is 14.9. The van der Waals surface area contributed by atoms with E-state index >= 15 is 0 Å². The number of nitrogens with zero attached hydrogens (tertiary/aromatic N) is 3. The zero-order valence-corrected chi connectivity index (χ0v) is 14.5. The third kappa shape index (κ3) is 3.93. The molecule has 1 fully saturated rings. The zero-order chi connectivity index (χ0) is 18.0. The van der Waals surface area contributed by atoms with Gasteiger partial charge in [-0.2, -0.15) is 0 Å². The summed E-state index contributed by atoms with van der Waals surface area (Å²) in [4.78, 5) is 9.65. The molecule has 0 spiro atoms. The number of halogens is 2. The molecule has 0 amide bonds. The van der Waals surface area contributed by atoms with Crippen LogP contribution in [0.4, 0.5) is 14.6 Å². The summed E-state index contributed by atoms with van der Waals surface area (Å²) in [5.74, 6) is -1.30. The number of anilines is 1. The van der Waals surface area contributed by atoms with Gasteiger partial charge in [0, 0.05) is 24.8 Å². The molecule has 0 atom stereocenters.